The molecule has 0 aromatic heterocycles. The van der Waals surface area contributed by atoms with Gasteiger partial charge in [0.15, 0.2) is 0 Å². The maximum absolute atomic E-state index is 9.36. The fraction of sp³-hybridized carbons (Fsp3) is 0.571. The van der Waals surface area contributed by atoms with Gasteiger partial charge in [0.1, 0.15) is 0 Å². The Morgan fingerprint density at radius 1 is 1.32 bits per heavy atom. The lowest BCUT2D eigenvalue weighted by molar-refractivity contribution is 0.200. The molecule has 1 saturated carbocycles. The van der Waals surface area contributed by atoms with Gasteiger partial charge < -0.3 is 16.2 Å². The Kier molecular flexibility index (Phi) is 5.48. The van der Waals surface area contributed by atoms with Crippen LogP contribution in [0, 0.1) is 5.92 Å². The average Bonchev–Trinajstić information content (AvgIpc) is 2.86. The Morgan fingerprint density at radius 3 is 2.74 bits per heavy atom. The first kappa shape index (κ1) is 15.1. The Labute approximate surface area is 124 Å². The number of aliphatic hydroxyl groups is 1. The summed E-state index contributed by atoms with van der Waals surface area (Å²) in [6, 6.07) is 5.97. The standard InChI is InChI=1S/C14H20Cl2N2O/c15-11-5-4-9(6-12(11)16)14(7-17)18-13-3-1-2-10(13)8-19/h4-6,10,13-14,18-19H,1-3,7-8,17H2. The van der Waals surface area contributed by atoms with Crippen molar-refractivity contribution in [3.05, 3.63) is 33.8 Å². The molecule has 0 aliphatic heterocycles. The maximum Gasteiger partial charge on any atom is 0.0595 e. The van der Waals surface area contributed by atoms with Crippen molar-refractivity contribution in [1.29, 1.82) is 0 Å². The predicted molar refractivity (Wildman–Crippen MR) is 79.6 cm³/mol. The van der Waals surface area contributed by atoms with Gasteiger partial charge in [-0.2, -0.15) is 0 Å². The first-order chi connectivity index (χ1) is 9.15. The SMILES string of the molecule is NCC(NC1CCCC1CO)c1ccc(Cl)c(Cl)c1. The average molecular weight is 303 g/mol. The number of hydrogen-bond donors (Lipinski definition) is 3. The van der Waals surface area contributed by atoms with Gasteiger partial charge in [0.2, 0.25) is 0 Å². The highest BCUT2D eigenvalue weighted by Gasteiger charge is 2.28. The van der Waals surface area contributed by atoms with Crippen molar-refractivity contribution >= 4 is 23.2 Å². The molecule has 3 atom stereocenters. The van der Waals surface area contributed by atoms with E-state index in [1.54, 1.807) is 6.07 Å². The van der Waals surface area contributed by atoms with Crippen molar-refractivity contribution in [2.75, 3.05) is 13.2 Å². The molecule has 4 N–H and O–H groups in total. The van der Waals surface area contributed by atoms with Crippen LogP contribution in [-0.2, 0) is 0 Å². The van der Waals surface area contributed by atoms with Gasteiger partial charge in [-0.15, -0.1) is 0 Å². The molecule has 0 saturated heterocycles. The van der Waals surface area contributed by atoms with Crippen molar-refractivity contribution < 1.29 is 5.11 Å². The number of halogens is 2. The monoisotopic (exact) mass is 302 g/mol. The Morgan fingerprint density at radius 2 is 2.11 bits per heavy atom. The van der Waals surface area contributed by atoms with Crippen molar-refractivity contribution in [2.45, 2.75) is 31.3 Å². The fourth-order valence-corrected chi connectivity index (χ4v) is 3.07. The Balaban J connectivity index is 2.09. The molecule has 0 bridgehead atoms. The van der Waals surface area contributed by atoms with E-state index in [0.29, 0.717) is 28.5 Å². The van der Waals surface area contributed by atoms with E-state index in [-0.39, 0.29) is 12.6 Å². The zero-order valence-electron chi connectivity index (χ0n) is 10.8. The molecule has 1 fully saturated rings. The molecule has 3 unspecified atom stereocenters. The van der Waals surface area contributed by atoms with Crippen molar-refractivity contribution in [3.8, 4) is 0 Å². The van der Waals surface area contributed by atoms with E-state index < -0.39 is 0 Å². The molecule has 1 aliphatic carbocycles. The van der Waals surface area contributed by atoms with Gasteiger partial charge in [0, 0.05) is 25.2 Å². The number of nitrogens with one attached hydrogen (secondary N) is 1. The number of aliphatic hydroxyl groups excluding tert-OH is 1. The van der Waals surface area contributed by atoms with Crippen LogP contribution in [0.5, 0.6) is 0 Å². The van der Waals surface area contributed by atoms with Crippen LogP contribution in [0.3, 0.4) is 0 Å². The molecule has 0 radical (unpaired) electrons. The van der Waals surface area contributed by atoms with Gasteiger partial charge in [0.05, 0.1) is 10.0 Å². The number of benzene rings is 1. The van der Waals surface area contributed by atoms with Crippen LogP contribution in [0.2, 0.25) is 10.0 Å². The van der Waals surface area contributed by atoms with Gasteiger partial charge in [0.25, 0.3) is 0 Å². The summed E-state index contributed by atoms with van der Waals surface area (Å²) >= 11 is 12.0. The summed E-state index contributed by atoms with van der Waals surface area (Å²) < 4.78 is 0. The molecule has 106 valence electrons. The van der Waals surface area contributed by atoms with E-state index >= 15 is 0 Å². The first-order valence-corrected chi connectivity index (χ1v) is 7.43. The zero-order chi connectivity index (χ0) is 13.8. The number of rotatable bonds is 5. The number of nitrogens with two attached hydrogens (primary N) is 1. The van der Waals surface area contributed by atoms with E-state index in [9.17, 15) is 5.11 Å². The summed E-state index contributed by atoms with van der Waals surface area (Å²) in [6.07, 6.45) is 3.32. The molecule has 2 rings (SSSR count). The van der Waals surface area contributed by atoms with E-state index in [4.69, 9.17) is 28.9 Å². The highest BCUT2D eigenvalue weighted by Crippen LogP contribution is 2.29. The molecular formula is C14H20Cl2N2O. The largest absolute Gasteiger partial charge is 0.396 e. The van der Waals surface area contributed by atoms with E-state index in [2.05, 4.69) is 5.32 Å². The highest BCUT2D eigenvalue weighted by molar-refractivity contribution is 6.42. The third-order valence-electron chi connectivity index (χ3n) is 3.89. The Bertz CT molecular complexity index is 428. The minimum Gasteiger partial charge on any atom is -0.396 e. The second-order valence-corrected chi connectivity index (χ2v) is 5.92. The van der Waals surface area contributed by atoms with Crippen LogP contribution in [0.4, 0.5) is 0 Å². The van der Waals surface area contributed by atoms with Crippen molar-refractivity contribution in [1.82, 2.24) is 5.32 Å². The van der Waals surface area contributed by atoms with Gasteiger partial charge in [-0.25, -0.2) is 0 Å². The van der Waals surface area contributed by atoms with Crippen molar-refractivity contribution in [2.24, 2.45) is 11.7 Å². The second-order valence-electron chi connectivity index (χ2n) is 5.11. The fourth-order valence-electron chi connectivity index (χ4n) is 2.76. The predicted octanol–water partition coefficient (Wildman–Crippen LogP) is 2.74. The molecule has 1 aliphatic rings. The molecule has 1 aromatic rings. The van der Waals surface area contributed by atoms with Gasteiger partial charge in [-0.1, -0.05) is 35.7 Å². The smallest absolute Gasteiger partial charge is 0.0595 e. The maximum atomic E-state index is 9.36. The topological polar surface area (TPSA) is 58.3 Å². The first-order valence-electron chi connectivity index (χ1n) is 6.67. The van der Waals surface area contributed by atoms with E-state index in [1.807, 2.05) is 12.1 Å². The van der Waals surface area contributed by atoms with Crippen LogP contribution in [0.1, 0.15) is 30.9 Å². The van der Waals surface area contributed by atoms with E-state index in [1.165, 1.54) is 0 Å². The molecule has 1 aromatic carbocycles. The normalized spacial score (nSPS) is 24.6. The van der Waals surface area contributed by atoms with Gasteiger partial charge >= 0.3 is 0 Å². The summed E-state index contributed by atoms with van der Waals surface area (Å²) in [6.45, 7) is 0.725. The summed E-state index contributed by atoms with van der Waals surface area (Å²) in [5, 5.41) is 14.0. The summed E-state index contributed by atoms with van der Waals surface area (Å²) in [5.74, 6) is 0.330. The van der Waals surface area contributed by atoms with Gasteiger partial charge in [-0.05, 0) is 36.5 Å². The molecule has 3 nitrogen and oxygen atoms in total. The molecule has 19 heavy (non-hydrogen) atoms. The van der Waals surface area contributed by atoms with E-state index in [0.717, 1.165) is 24.8 Å². The quantitative estimate of drug-likeness (QED) is 0.784. The third-order valence-corrected chi connectivity index (χ3v) is 4.63. The highest BCUT2D eigenvalue weighted by atomic mass is 35.5. The lowest BCUT2D eigenvalue weighted by atomic mass is 10.0. The zero-order valence-corrected chi connectivity index (χ0v) is 12.3. The van der Waals surface area contributed by atoms with Gasteiger partial charge in [-0.3, -0.25) is 0 Å². The van der Waals surface area contributed by atoms with Crippen LogP contribution >= 0.6 is 23.2 Å². The van der Waals surface area contributed by atoms with Crippen LogP contribution in [0.15, 0.2) is 18.2 Å². The summed E-state index contributed by atoms with van der Waals surface area (Å²) in [4.78, 5) is 0. The minimum atomic E-state index is 0.0481. The summed E-state index contributed by atoms with van der Waals surface area (Å²) in [7, 11) is 0. The summed E-state index contributed by atoms with van der Waals surface area (Å²) in [5.41, 5.74) is 6.90. The third kappa shape index (κ3) is 3.61. The lowest BCUT2D eigenvalue weighted by Gasteiger charge is -2.26. The minimum absolute atomic E-state index is 0.0481. The van der Waals surface area contributed by atoms with Crippen LogP contribution < -0.4 is 11.1 Å². The Hall–Kier alpha value is -0.320. The van der Waals surface area contributed by atoms with Crippen LogP contribution in [0.25, 0.3) is 0 Å². The number of hydrogen-bond acceptors (Lipinski definition) is 3. The molecule has 0 spiro atoms. The second kappa shape index (κ2) is 6.91. The molecule has 5 heteroatoms. The lowest BCUT2D eigenvalue weighted by Crippen LogP contribution is -2.39. The molecule has 0 heterocycles. The van der Waals surface area contributed by atoms with Crippen molar-refractivity contribution in [3.63, 3.8) is 0 Å². The molecular weight excluding hydrogens is 283 g/mol. The molecule has 0 amide bonds. The van der Waals surface area contributed by atoms with Crippen LogP contribution in [-0.4, -0.2) is 24.3 Å².